The van der Waals surface area contributed by atoms with E-state index in [-0.39, 0.29) is 17.9 Å². The van der Waals surface area contributed by atoms with Crippen LogP contribution in [-0.4, -0.2) is 20.1 Å². The van der Waals surface area contributed by atoms with E-state index >= 15 is 0 Å². The van der Waals surface area contributed by atoms with Crippen molar-refractivity contribution in [3.63, 3.8) is 0 Å². The molecule has 0 amide bonds. The van der Waals surface area contributed by atoms with Crippen LogP contribution in [0.1, 0.15) is 20.8 Å². The second-order valence-corrected chi connectivity index (χ2v) is 4.32. The number of hydrogen-bond donors (Lipinski definition) is 1. The molecule has 0 aliphatic rings. The number of hydrogen-bond acceptors (Lipinski definition) is 3. The molecule has 0 bridgehead atoms. The average Bonchev–Trinajstić information content (AvgIpc) is 2.47. The minimum absolute atomic E-state index is 0. The molecule has 2 aromatic rings. The number of nitrogens with zero attached hydrogens (tertiary/aromatic N) is 3. The molecule has 15 heavy (non-hydrogen) atoms. The lowest BCUT2D eigenvalue weighted by molar-refractivity contribution is 0.635. The van der Waals surface area contributed by atoms with Gasteiger partial charge in [0.2, 0.25) is 0 Å². The fourth-order valence-electron chi connectivity index (χ4n) is 1.32. The van der Waals surface area contributed by atoms with Crippen LogP contribution in [0.4, 0.5) is 5.69 Å². The van der Waals surface area contributed by atoms with Gasteiger partial charge in [-0.05, 0) is 26.8 Å². The summed E-state index contributed by atoms with van der Waals surface area (Å²) >= 11 is 0. The molecular weight excluding hydrogens is 212 g/mol. The number of anilines is 1. The van der Waals surface area contributed by atoms with E-state index in [1.165, 1.54) is 0 Å². The van der Waals surface area contributed by atoms with E-state index in [0.29, 0.717) is 0 Å². The third-order valence-corrected chi connectivity index (χ3v) is 1.79. The van der Waals surface area contributed by atoms with Crippen LogP contribution < -0.4 is 5.32 Å². The molecule has 0 aliphatic carbocycles. The molecule has 0 aliphatic heterocycles. The smallest absolute Gasteiger partial charge is 0.178 e. The molecule has 2 rings (SSSR count). The summed E-state index contributed by atoms with van der Waals surface area (Å²) in [5.41, 5.74) is 1.86. The van der Waals surface area contributed by atoms with Crippen molar-refractivity contribution in [1.82, 2.24) is 14.6 Å². The van der Waals surface area contributed by atoms with Gasteiger partial charge >= 0.3 is 0 Å². The molecule has 2 heterocycles. The summed E-state index contributed by atoms with van der Waals surface area (Å²) in [5.74, 6) is 0. The normalized spacial score (nSPS) is 11.1. The second-order valence-electron chi connectivity index (χ2n) is 4.32. The van der Waals surface area contributed by atoms with E-state index in [0.717, 1.165) is 11.3 Å². The summed E-state index contributed by atoms with van der Waals surface area (Å²) in [5, 5.41) is 7.55. The Morgan fingerprint density at radius 2 is 2.07 bits per heavy atom. The zero-order chi connectivity index (χ0) is 10.2. The Morgan fingerprint density at radius 1 is 1.33 bits per heavy atom. The van der Waals surface area contributed by atoms with E-state index in [4.69, 9.17) is 0 Å². The molecule has 82 valence electrons. The Bertz CT molecular complexity index is 444. The Kier molecular flexibility index (Phi) is 3.19. The lowest BCUT2D eigenvalue weighted by Gasteiger charge is -2.20. The van der Waals surface area contributed by atoms with E-state index < -0.39 is 0 Å². The summed E-state index contributed by atoms with van der Waals surface area (Å²) in [6, 6.07) is 1.86. The maximum Gasteiger partial charge on any atom is 0.178 e. The van der Waals surface area contributed by atoms with Crippen molar-refractivity contribution in [2.24, 2.45) is 0 Å². The molecule has 0 saturated heterocycles. The molecule has 1 N–H and O–H groups in total. The second kappa shape index (κ2) is 4.06. The summed E-state index contributed by atoms with van der Waals surface area (Å²) in [4.78, 5) is 4.26. The lowest BCUT2D eigenvalue weighted by atomic mass is 10.1. The van der Waals surface area contributed by atoms with Gasteiger partial charge in [-0.3, -0.25) is 0 Å². The Hall–Kier alpha value is -1.29. The lowest BCUT2D eigenvalue weighted by Crippen LogP contribution is -2.25. The number of fused-ring (bicyclic) bond motifs is 1. The van der Waals surface area contributed by atoms with Crippen molar-refractivity contribution in [1.29, 1.82) is 0 Å². The van der Waals surface area contributed by atoms with E-state index in [2.05, 4.69) is 36.2 Å². The first-order valence-electron chi connectivity index (χ1n) is 4.63. The maximum absolute atomic E-state index is 4.26. The van der Waals surface area contributed by atoms with Crippen molar-refractivity contribution in [3.05, 3.63) is 24.7 Å². The van der Waals surface area contributed by atoms with Gasteiger partial charge in [0.05, 0.1) is 6.20 Å². The molecule has 0 unspecified atom stereocenters. The molecule has 0 atom stereocenters. The highest BCUT2D eigenvalue weighted by Gasteiger charge is 2.12. The number of nitrogens with one attached hydrogen (secondary N) is 1. The molecule has 0 spiro atoms. The fourth-order valence-corrected chi connectivity index (χ4v) is 1.32. The van der Waals surface area contributed by atoms with Gasteiger partial charge in [0, 0.05) is 17.9 Å². The van der Waals surface area contributed by atoms with Gasteiger partial charge < -0.3 is 5.32 Å². The van der Waals surface area contributed by atoms with Crippen LogP contribution in [0.5, 0.6) is 0 Å². The fraction of sp³-hybridized carbons (Fsp3) is 0.400. The van der Waals surface area contributed by atoms with Gasteiger partial charge in [-0.2, -0.15) is 5.10 Å². The van der Waals surface area contributed by atoms with Gasteiger partial charge in [0.15, 0.2) is 5.65 Å². The standard InChI is InChI=1S/C10H14N4.ClH/c1-10(2,3)13-8-7-12-14-6-4-5-11-9(8)14;/h4-7,13H,1-3H3;1H. The van der Waals surface area contributed by atoms with Crippen molar-refractivity contribution in [2.75, 3.05) is 5.32 Å². The maximum atomic E-state index is 4.26. The zero-order valence-electron chi connectivity index (χ0n) is 9.06. The monoisotopic (exact) mass is 226 g/mol. The summed E-state index contributed by atoms with van der Waals surface area (Å²) in [6.07, 6.45) is 5.45. The molecular formula is C10H15ClN4. The van der Waals surface area contributed by atoms with Gasteiger partial charge in [-0.1, -0.05) is 0 Å². The molecule has 4 nitrogen and oxygen atoms in total. The van der Waals surface area contributed by atoms with Crippen LogP contribution in [0.15, 0.2) is 24.7 Å². The van der Waals surface area contributed by atoms with Crippen molar-refractivity contribution in [2.45, 2.75) is 26.3 Å². The number of halogens is 1. The quantitative estimate of drug-likeness (QED) is 0.812. The minimum atomic E-state index is 0. The van der Waals surface area contributed by atoms with Crippen LogP contribution in [0.25, 0.3) is 5.65 Å². The first-order chi connectivity index (χ1) is 6.56. The average molecular weight is 227 g/mol. The van der Waals surface area contributed by atoms with Gasteiger partial charge in [-0.15, -0.1) is 12.4 Å². The Labute approximate surface area is 95.1 Å². The van der Waals surface area contributed by atoms with Crippen molar-refractivity contribution >= 4 is 23.7 Å². The minimum Gasteiger partial charge on any atom is -0.376 e. The van der Waals surface area contributed by atoms with Crippen LogP contribution in [0, 0.1) is 0 Å². The largest absolute Gasteiger partial charge is 0.376 e. The molecule has 5 heteroatoms. The third kappa shape index (κ3) is 2.59. The third-order valence-electron chi connectivity index (χ3n) is 1.79. The van der Waals surface area contributed by atoms with Gasteiger partial charge in [-0.25, -0.2) is 9.50 Å². The molecule has 2 aromatic heterocycles. The van der Waals surface area contributed by atoms with Crippen LogP contribution >= 0.6 is 12.4 Å². The molecule has 0 fully saturated rings. The van der Waals surface area contributed by atoms with E-state index in [1.54, 1.807) is 16.9 Å². The topological polar surface area (TPSA) is 42.2 Å². The summed E-state index contributed by atoms with van der Waals surface area (Å²) < 4.78 is 1.76. The highest BCUT2D eigenvalue weighted by molar-refractivity contribution is 5.85. The van der Waals surface area contributed by atoms with Crippen LogP contribution in [0.3, 0.4) is 0 Å². The first kappa shape index (κ1) is 11.8. The van der Waals surface area contributed by atoms with Crippen LogP contribution in [0.2, 0.25) is 0 Å². The van der Waals surface area contributed by atoms with Crippen molar-refractivity contribution in [3.8, 4) is 0 Å². The van der Waals surface area contributed by atoms with Crippen LogP contribution in [-0.2, 0) is 0 Å². The Morgan fingerprint density at radius 3 is 2.73 bits per heavy atom. The van der Waals surface area contributed by atoms with E-state index in [1.807, 2.05) is 12.3 Å². The predicted octanol–water partition coefficient (Wildman–Crippen LogP) is 2.36. The van der Waals surface area contributed by atoms with Crippen molar-refractivity contribution < 1.29 is 0 Å². The zero-order valence-corrected chi connectivity index (χ0v) is 9.88. The summed E-state index contributed by atoms with van der Waals surface area (Å²) in [7, 11) is 0. The highest BCUT2D eigenvalue weighted by Crippen LogP contribution is 2.17. The Balaban J connectivity index is 0.00000112. The molecule has 0 aromatic carbocycles. The molecule has 0 radical (unpaired) electrons. The van der Waals surface area contributed by atoms with Gasteiger partial charge in [0.1, 0.15) is 5.69 Å². The first-order valence-corrected chi connectivity index (χ1v) is 4.63. The number of rotatable bonds is 1. The van der Waals surface area contributed by atoms with E-state index in [9.17, 15) is 0 Å². The number of aromatic nitrogens is 3. The van der Waals surface area contributed by atoms with Gasteiger partial charge in [0.25, 0.3) is 0 Å². The predicted molar refractivity (Wildman–Crippen MR) is 63.6 cm³/mol. The SMILES string of the molecule is CC(C)(C)Nc1cnn2cccnc12.Cl. The summed E-state index contributed by atoms with van der Waals surface area (Å²) in [6.45, 7) is 6.33. The molecule has 0 saturated carbocycles. The highest BCUT2D eigenvalue weighted by atomic mass is 35.5.